The molecule has 0 unspecified atom stereocenters. The molecule has 0 aliphatic heterocycles. The Balaban J connectivity index is 1.84. The molecule has 0 saturated heterocycles. The Kier molecular flexibility index (Phi) is 7.15. The van der Waals surface area contributed by atoms with E-state index in [2.05, 4.69) is 37.7 Å². The largest absolute Gasteiger partial charge is 0.355 e. The van der Waals surface area contributed by atoms with Crippen LogP contribution in [0.1, 0.15) is 44.7 Å². The Morgan fingerprint density at radius 1 is 1.14 bits per heavy atom. The van der Waals surface area contributed by atoms with Crippen molar-refractivity contribution in [2.45, 2.75) is 45.4 Å². The molecule has 2 rings (SSSR count). The van der Waals surface area contributed by atoms with Crippen LogP contribution in [0, 0.1) is 5.51 Å². The van der Waals surface area contributed by atoms with E-state index in [4.69, 9.17) is 0 Å². The summed E-state index contributed by atoms with van der Waals surface area (Å²) in [7, 11) is 0. The average molecular weight is 303 g/mol. The third-order valence-corrected chi connectivity index (χ3v) is 4.07. The molecule has 0 aromatic carbocycles. The van der Waals surface area contributed by atoms with Gasteiger partial charge in [0.1, 0.15) is 5.82 Å². The van der Waals surface area contributed by atoms with Gasteiger partial charge >= 0.3 is 0 Å². The first-order chi connectivity index (χ1) is 10.4. The topological polar surface area (TPSA) is 41.9 Å². The van der Waals surface area contributed by atoms with Crippen molar-refractivity contribution in [3.05, 3.63) is 35.2 Å². The van der Waals surface area contributed by atoms with E-state index in [9.17, 15) is 0 Å². The van der Waals surface area contributed by atoms with E-state index >= 15 is 0 Å². The molecule has 0 fully saturated rings. The molecule has 113 valence electrons. The lowest BCUT2D eigenvalue weighted by Gasteiger charge is -2.23. The fourth-order valence-corrected chi connectivity index (χ4v) is 2.80. The number of rotatable bonds is 10. The highest BCUT2D eigenvalue weighted by molar-refractivity contribution is 7.07. The van der Waals surface area contributed by atoms with E-state index in [1.165, 1.54) is 43.4 Å². The summed E-state index contributed by atoms with van der Waals surface area (Å²) in [5, 5.41) is 2.07. The summed E-state index contributed by atoms with van der Waals surface area (Å²) in [6.07, 6.45) is 12.7. The molecular weight excluding hydrogens is 280 g/mol. The lowest BCUT2D eigenvalue weighted by atomic mass is 10.1. The van der Waals surface area contributed by atoms with Gasteiger partial charge in [-0.15, -0.1) is 11.3 Å². The molecule has 2 aromatic rings. The molecule has 0 saturated carbocycles. The minimum Gasteiger partial charge on any atom is -0.355 e. The number of unbranched alkanes of at least 4 members (excludes halogenated alkanes) is 4. The van der Waals surface area contributed by atoms with Gasteiger partial charge in [-0.05, 0) is 6.42 Å². The Morgan fingerprint density at radius 2 is 2.05 bits per heavy atom. The molecule has 5 heteroatoms. The predicted octanol–water partition coefficient (Wildman–Crippen LogP) is 3.75. The summed E-state index contributed by atoms with van der Waals surface area (Å²) < 4.78 is 0. The highest BCUT2D eigenvalue weighted by Gasteiger charge is 2.08. The maximum absolute atomic E-state index is 4.43. The third-order valence-electron chi connectivity index (χ3n) is 3.48. The lowest BCUT2D eigenvalue weighted by Crippen LogP contribution is -2.28. The molecule has 0 N–H and O–H groups in total. The second kappa shape index (κ2) is 9.45. The molecule has 0 amide bonds. The average Bonchev–Trinajstić information content (AvgIpc) is 3.04. The van der Waals surface area contributed by atoms with Crippen LogP contribution in [0.5, 0.6) is 0 Å². The van der Waals surface area contributed by atoms with Gasteiger partial charge in [0, 0.05) is 37.3 Å². The van der Waals surface area contributed by atoms with Gasteiger partial charge in [0.15, 0.2) is 5.51 Å². The molecule has 2 aromatic heterocycles. The van der Waals surface area contributed by atoms with Crippen molar-refractivity contribution < 1.29 is 0 Å². The second-order valence-corrected chi connectivity index (χ2v) is 5.80. The maximum Gasteiger partial charge on any atom is 0.152 e. The SMILES string of the molecule is CCCCCCCN(CCc1cs[c]n1)c1cnccn1. The first-order valence-electron chi connectivity index (χ1n) is 7.71. The minimum atomic E-state index is 0.935. The number of anilines is 1. The number of aromatic nitrogens is 3. The Bertz CT molecular complexity index is 472. The zero-order chi connectivity index (χ0) is 14.8. The number of nitrogens with zero attached hydrogens (tertiary/aromatic N) is 4. The van der Waals surface area contributed by atoms with Gasteiger partial charge in [0.25, 0.3) is 0 Å². The minimum absolute atomic E-state index is 0.935. The summed E-state index contributed by atoms with van der Waals surface area (Å²) in [5.74, 6) is 0.965. The van der Waals surface area contributed by atoms with Crippen molar-refractivity contribution >= 4 is 17.2 Å². The van der Waals surface area contributed by atoms with Crippen LogP contribution in [-0.4, -0.2) is 28.0 Å². The summed E-state index contributed by atoms with van der Waals surface area (Å²) >= 11 is 1.53. The van der Waals surface area contributed by atoms with Gasteiger partial charge in [-0.3, -0.25) is 4.98 Å². The zero-order valence-corrected chi connectivity index (χ0v) is 13.5. The van der Waals surface area contributed by atoms with Crippen LogP contribution in [-0.2, 0) is 6.42 Å². The van der Waals surface area contributed by atoms with Gasteiger partial charge in [-0.25, -0.2) is 9.97 Å². The van der Waals surface area contributed by atoms with Crippen LogP contribution >= 0.6 is 11.3 Å². The lowest BCUT2D eigenvalue weighted by molar-refractivity contribution is 0.614. The highest BCUT2D eigenvalue weighted by atomic mass is 32.1. The van der Waals surface area contributed by atoms with Gasteiger partial charge in [-0.1, -0.05) is 32.6 Å². The van der Waals surface area contributed by atoms with Crippen molar-refractivity contribution in [2.75, 3.05) is 18.0 Å². The van der Waals surface area contributed by atoms with Gasteiger partial charge in [0.05, 0.1) is 11.9 Å². The number of thiazole rings is 1. The number of hydrogen-bond acceptors (Lipinski definition) is 5. The van der Waals surface area contributed by atoms with Gasteiger partial charge in [0.2, 0.25) is 0 Å². The van der Waals surface area contributed by atoms with Crippen LogP contribution in [0.2, 0.25) is 0 Å². The van der Waals surface area contributed by atoms with E-state index in [0.29, 0.717) is 0 Å². The summed E-state index contributed by atoms with van der Waals surface area (Å²) in [5.41, 5.74) is 4.02. The molecule has 0 atom stereocenters. The predicted molar refractivity (Wildman–Crippen MR) is 87.7 cm³/mol. The van der Waals surface area contributed by atoms with Gasteiger partial charge in [-0.2, -0.15) is 0 Å². The van der Waals surface area contributed by atoms with E-state index in [-0.39, 0.29) is 0 Å². The van der Waals surface area contributed by atoms with Crippen LogP contribution in [0.25, 0.3) is 0 Å². The Labute approximate surface area is 131 Å². The van der Waals surface area contributed by atoms with Crippen LogP contribution < -0.4 is 4.90 Å². The molecule has 21 heavy (non-hydrogen) atoms. The fourth-order valence-electron chi connectivity index (χ4n) is 2.27. The van der Waals surface area contributed by atoms with Crippen LogP contribution in [0.4, 0.5) is 5.82 Å². The smallest absolute Gasteiger partial charge is 0.152 e. The highest BCUT2D eigenvalue weighted by Crippen LogP contribution is 2.12. The molecule has 4 nitrogen and oxygen atoms in total. The fraction of sp³-hybridized carbons (Fsp3) is 0.562. The van der Waals surface area contributed by atoms with Gasteiger partial charge < -0.3 is 4.90 Å². The van der Waals surface area contributed by atoms with Crippen molar-refractivity contribution in [1.29, 1.82) is 0 Å². The van der Waals surface area contributed by atoms with E-state index in [0.717, 1.165) is 31.0 Å². The number of hydrogen-bond donors (Lipinski definition) is 0. The van der Waals surface area contributed by atoms with E-state index in [1.807, 2.05) is 6.20 Å². The van der Waals surface area contributed by atoms with Crippen molar-refractivity contribution in [3.8, 4) is 0 Å². The summed E-state index contributed by atoms with van der Waals surface area (Å²) in [6.45, 7) is 4.22. The summed E-state index contributed by atoms with van der Waals surface area (Å²) in [4.78, 5) is 15.2. The molecule has 0 aliphatic rings. The first kappa shape index (κ1) is 15.9. The monoisotopic (exact) mass is 303 g/mol. The van der Waals surface area contributed by atoms with Crippen LogP contribution in [0.15, 0.2) is 24.0 Å². The molecule has 0 bridgehead atoms. The standard InChI is InChI=1S/C16H23N4S/c1-2-3-4-5-6-10-20(16-12-17-8-9-18-16)11-7-15-13-21-14-19-15/h8-9,12-13H,2-7,10-11H2,1H3. The maximum atomic E-state index is 4.43. The molecule has 0 spiro atoms. The molecule has 0 aliphatic carbocycles. The second-order valence-electron chi connectivity index (χ2n) is 5.15. The van der Waals surface area contributed by atoms with Crippen LogP contribution in [0.3, 0.4) is 0 Å². The van der Waals surface area contributed by atoms with E-state index in [1.54, 1.807) is 12.4 Å². The summed E-state index contributed by atoms with van der Waals surface area (Å²) in [6, 6.07) is 0. The zero-order valence-electron chi connectivity index (χ0n) is 12.7. The van der Waals surface area contributed by atoms with Crippen molar-refractivity contribution in [1.82, 2.24) is 15.0 Å². The quantitative estimate of drug-likeness (QED) is 0.627. The van der Waals surface area contributed by atoms with Crippen molar-refractivity contribution in [2.24, 2.45) is 0 Å². The first-order valence-corrected chi connectivity index (χ1v) is 8.59. The Morgan fingerprint density at radius 3 is 2.76 bits per heavy atom. The van der Waals surface area contributed by atoms with E-state index < -0.39 is 0 Å². The molecule has 2 heterocycles. The molecular formula is C16H23N4S. The normalized spacial score (nSPS) is 10.7. The van der Waals surface area contributed by atoms with Crippen molar-refractivity contribution in [3.63, 3.8) is 0 Å². The third kappa shape index (κ3) is 5.79. The molecule has 1 radical (unpaired) electrons. The Hall–Kier alpha value is -1.49.